The number of nitrogens with two attached hydrogens (primary N) is 1. The van der Waals surface area contributed by atoms with E-state index in [2.05, 4.69) is 22.8 Å². The molecule has 0 spiro atoms. The fourth-order valence-electron chi connectivity index (χ4n) is 4.40. The van der Waals surface area contributed by atoms with E-state index in [0.29, 0.717) is 0 Å². The summed E-state index contributed by atoms with van der Waals surface area (Å²) in [6, 6.07) is 18.3. The van der Waals surface area contributed by atoms with Gasteiger partial charge < -0.3 is 15.4 Å². The Morgan fingerprint density at radius 2 is 1.69 bits per heavy atom. The highest BCUT2D eigenvalue weighted by molar-refractivity contribution is 5.82. The molecule has 0 bridgehead atoms. The number of piperazine rings is 1. The molecule has 1 aliphatic rings. The normalized spacial score (nSPS) is 17.0. The van der Waals surface area contributed by atoms with Gasteiger partial charge in [0, 0.05) is 32.2 Å². The van der Waals surface area contributed by atoms with Gasteiger partial charge in [0.05, 0.1) is 18.7 Å². The molecule has 156 valence electrons. The van der Waals surface area contributed by atoms with Crippen LogP contribution in [0.3, 0.4) is 0 Å². The van der Waals surface area contributed by atoms with Gasteiger partial charge in [-0.15, -0.1) is 0 Å². The van der Waals surface area contributed by atoms with Crippen molar-refractivity contribution in [3.8, 4) is 5.75 Å². The lowest BCUT2D eigenvalue weighted by atomic mass is 9.86. The molecular formula is C24H33N3O2. The summed E-state index contributed by atoms with van der Waals surface area (Å²) in [6.45, 7) is 5.82. The zero-order valence-electron chi connectivity index (χ0n) is 17.6. The minimum atomic E-state index is -0.277. The van der Waals surface area contributed by atoms with Crippen LogP contribution in [-0.2, 0) is 4.79 Å². The number of methoxy groups -OCH3 is 1. The molecule has 1 heterocycles. The van der Waals surface area contributed by atoms with Crippen LogP contribution in [0.4, 0.5) is 5.69 Å². The number of rotatable bonds is 9. The van der Waals surface area contributed by atoms with Crippen molar-refractivity contribution >= 4 is 11.6 Å². The maximum absolute atomic E-state index is 12.5. The molecule has 3 rings (SSSR count). The third kappa shape index (κ3) is 5.10. The van der Waals surface area contributed by atoms with E-state index in [-0.39, 0.29) is 17.9 Å². The Morgan fingerprint density at radius 1 is 1.03 bits per heavy atom. The first-order valence-electron chi connectivity index (χ1n) is 10.6. The molecule has 2 unspecified atom stereocenters. The molecule has 2 atom stereocenters. The summed E-state index contributed by atoms with van der Waals surface area (Å²) in [5, 5.41) is 0. The number of hydrogen-bond acceptors (Lipinski definition) is 4. The summed E-state index contributed by atoms with van der Waals surface area (Å²) >= 11 is 0. The Hall–Kier alpha value is -2.53. The predicted octanol–water partition coefficient (Wildman–Crippen LogP) is 3.65. The Morgan fingerprint density at radius 3 is 2.31 bits per heavy atom. The Balaban J connectivity index is 1.77. The van der Waals surface area contributed by atoms with Gasteiger partial charge in [-0.1, -0.05) is 62.2 Å². The molecule has 2 aromatic rings. The van der Waals surface area contributed by atoms with Crippen molar-refractivity contribution in [1.29, 1.82) is 0 Å². The fraction of sp³-hybridized carbons (Fsp3) is 0.458. The van der Waals surface area contributed by atoms with Crippen molar-refractivity contribution in [1.82, 2.24) is 4.90 Å². The van der Waals surface area contributed by atoms with E-state index in [9.17, 15) is 4.79 Å². The van der Waals surface area contributed by atoms with E-state index in [1.807, 2.05) is 48.5 Å². The third-order valence-corrected chi connectivity index (χ3v) is 5.91. The van der Waals surface area contributed by atoms with Crippen molar-refractivity contribution in [3.63, 3.8) is 0 Å². The molecule has 29 heavy (non-hydrogen) atoms. The van der Waals surface area contributed by atoms with Gasteiger partial charge >= 0.3 is 0 Å². The predicted molar refractivity (Wildman–Crippen MR) is 118 cm³/mol. The highest BCUT2D eigenvalue weighted by Gasteiger charge is 2.34. The van der Waals surface area contributed by atoms with Gasteiger partial charge in [-0.05, 0) is 24.1 Å². The molecule has 1 aliphatic heterocycles. The molecule has 0 aliphatic carbocycles. The molecule has 0 radical (unpaired) electrons. The number of para-hydroxylation sites is 2. The van der Waals surface area contributed by atoms with Crippen LogP contribution in [0.5, 0.6) is 5.75 Å². The first-order chi connectivity index (χ1) is 14.2. The van der Waals surface area contributed by atoms with Gasteiger partial charge in [0.1, 0.15) is 5.75 Å². The topological polar surface area (TPSA) is 58.8 Å². The molecular weight excluding hydrogens is 362 g/mol. The number of amides is 1. The molecule has 0 saturated carbocycles. The van der Waals surface area contributed by atoms with Crippen LogP contribution < -0.4 is 15.4 Å². The number of hydrogen-bond donors (Lipinski definition) is 1. The third-order valence-electron chi connectivity index (χ3n) is 5.91. The highest BCUT2D eigenvalue weighted by Crippen LogP contribution is 2.31. The largest absolute Gasteiger partial charge is 0.495 e. The number of unbranched alkanes of at least 4 members (excludes halogenated alkanes) is 1. The van der Waals surface area contributed by atoms with E-state index in [4.69, 9.17) is 10.5 Å². The summed E-state index contributed by atoms with van der Waals surface area (Å²) in [5.41, 5.74) is 8.07. The first-order valence-corrected chi connectivity index (χ1v) is 10.6. The van der Waals surface area contributed by atoms with Crippen LogP contribution in [0.15, 0.2) is 54.6 Å². The maximum Gasteiger partial charge on any atom is 0.226 e. The van der Waals surface area contributed by atoms with E-state index >= 15 is 0 Å². The molecule has 2 N–H and O–H groups in total. The van der Waals surface area contributed by atoms with E-state index in [1.165, 1.54) is 0 Å². The molecule has 0 aromatic heterocycles. The Kier molecular flexibility index (Phi) is 7.53. The lowest BCUT2D eigenvalue weighted by molar-refractivity contribution is -0.121. The van der Waals surface area contributed by atoms with Crippen LogP contribution in [-0.4, -0.2) is 50.1 Å². The average Bonchev–Trinajstić information content (AvgIpc) is 2.77. The van der Waals surface area contributed by atoms with Gasteiger partial charge in [0.25, 0.3) is 0 Å². The van der Waals surface area contributed by atoms with E-state index in [0.717, 1.165) is 62.4 Å². The molecule has 5 heteroatoms. The van der Waals surface area contributed by atoms with Gasteiger partial charge in [-0.25, -0.2) is 0 Å². The lowest BCUT2D eigenvalue weighted by Gasteiger charge is -2.42. The number of primary amides is 1. The number of carbonyl (C=O) groups is 1. The second-order valence-electron chi connectivity index (χ2n) is 7.70. The number of benzene rings is 2. The van der Waals surface area contributed by atoms with Crippen LogP contribution in [0.25, 0.3) is 0 Å². The van der Waals surface area contributed by atoms with Crippen LogP contribution >= 0.6 is 0 Å². The van der Waals surface area contributed by atoms with Crippen LogP contribution in [0, 0.1) is 0 Å². The zero-order valence-corrected chi connectivity index (χ0v) is 17.6. The Bertz CT molecular complexity index is 773. The Labute approximate surface area is 174 Å². The van der Waals surface area contributed by atoms with Gasteiger partial charge in [-0.3, -0.25) is 9.69 Å². The average molecular weight is 396 g/mol. The quantitative estimate of drug-likeness (QED) is 0.704. The molecule has 1 fully saturated rings. The van der Waals surface area contributed by atoms with Crippen molar-refractivity contribution in [2.24, 2.45) is 5.73 Å². The SMILES string of the molecule is CCCCC(C(C(N)=O)c1ccccc1)N1CCN(c2ccccc2OC)CC1. The minimum absolute atomic E-state index is 0.134. The van der Waals surface area contributed by atoms with Crippen molar-refractivity contribution in [2.75, 3.05) is 38.2 Å². The first kappa shape index (κ1) is 21.2. The fourth-order valence-corrected chi connectivity index (χ4v) is 4.40. The summed E-state index contributed by atoms with van der Waals surface area (Å²) in [4.78, 5) is 17.3. The summed E-state index contributed by atoms with van der Waals surface area (Å²) in [6.07, 6.45) is 3.18. The number of carbonyl (C=O) groups excluding carboxylic acids is 1. The highest BCUT2D eigenvalue weighted by atomic mass is 16.5. The monoisotopic (exact) mass is 395 g/mol. The molecule has 5 nitrogen and oxygen atoms in total. The summed E-state index contributed by atoms with van der Waals surface area (Å²) < 4.78 is 5.54. The zero-order chi connectivity index (χ0) is 20.6. The molecule has 1 amide bonds. The second-order valence-corrected chi connectivity index (χ2v) is 7.70. The lowest BCUT2D eigenvalue weighted by Crippen LogP contribution is -2.53. The smallest absolute Gasteiger partial charge is 0.226 e. The summed E-state index contributed by atoms with van der Waals surface area (Å²) in [7, 11) is 1.72. The molecule has 1 saturated heterocycles. The molecule has 2 aromatic carbocycles. The number of ether oxygens (including phenoxy) is 1. The van der Waals surface area contributed by atoms with Crippen molar-refractivity contribution < 1.29 is 9.53 Å². The van der Waals surface area contributed by atoms with E-state index in [1.54, 1.807) is 7.11 Å². The summed E-state index contributed by atoms with van der Waals surface area (Å²) in [5.74, 6) is 0.396. The van der Waals surface area contributed by atoms with Gasteiger partial charge in [-0.2, -0.15) is 0 Å². The second kappa shape index (κ2) is 10.3. The van der Waals surface area contributed by atoms with Gasteiger partial charge in [0.15, 0.2) is 0 Å². The number of anilines is 1. The number of nitrogens with zero attached hydrogens (tertiary/aromatic N) is 2. The van der Waals surface area contributed by atoms with Crippen molar-refractivity contribution in [2.45, 2.75) is 38.1 Å². The van der Waals surface area contributed by atoms with Crippen LogP contribution in [0.2, 0.25) is 0 Å². The maximum atomic E-state index is 12.5. The minimum Gasteiger partial charge on any atom is -0.495 e. The standard InChI is InChI=1S/C24H33N3O2/c1-3-4-12-21(23(24(25)28)19-10-6-5-7-11-19)27-17-15-26(16-18-27)20-13-8-9-14-22(20)29-2/h5-11,13-14,21,23H,3-4,12,15-18H2,1-2H3,(H2,25,28). The van der Waals surface area contributed by atoms with Crippen molar-refractivity contribution in [3.05, 3.63) is 60.2 Å². The van der Waals surface area contributed by atoms with Crippen LogP contribution in [0.1, 0.15) is 37.7 Å². The van der Waals surface area contributed by atoms with E-state index < -0.39 is 0 Å². The van der Waals surface area contributed by atoms with Gasteiger partial charge in [0.2, 0.25) is 5.91 Å².